The van der Waals surface area contributed by atoms with Crippen molar-refractivity contribution in [1.82, 2.24) is 0 Å². The second kappa shape index (κ2) is 14.8. The Kier molecular flexibility index (Phi) is 14.4. The lowest BCUT2D eigenvalue weighted by Crippen LogP contribution is -2.06. The minimum atomic E-state index is -0.682. The van der Waals surface area contributed by atoms with Crippen molar-refractivity contribution in [2.75, 3.05) is 6.61 Å². The second-order valence-electron chi connectivity index (χ2n) is 5.95. The Hall–Kier alpha value is -0.570. The van der Waals surface area contributed by atoms with Crippen molar-refractivity contribution in [3.63, 3.8) is 0 Å². The number of aliphatic hydroxyl groups excluding tert-OH is 1. The molecule has 0 bridgehead atoms. The summed E-state index contributed by atoms with van der Waals surface area (Å²) in [4.78, 5) is 10.3. The zero-order valence-electron chi connectivity index (χ0n) is 13.3. The molecule has 0 aliphatic rings. The van der Waals surface area contributed by atoms with Crippen molar-refractivity contribution in [1.29, 1.82) is 0 Å². The lowest BCUT2D eigenvalue weighted by Gasteiger charge is -2.13. The number of hydrogen-bond donors (Lipinski definition) is 2. The number of rotatable bonds is 15. The molecule has 0 saturated carbocycles. The minimum absolute atomic E-state index is 0.310. The first-order chi connectivity index (χ1) is 9.70. The van der Waals surface area contributed by atoms with Crippen molar-refractivity contribution in [3.8, 4) is 0 Å². The predicted octanol–water partition coefficient (Wildman–Crippen LogP) is 4.77. The third-order valence-electron chi connectivity index (χ3n) is 3.98. The van der Waals surface area contributed by atoms with Gasteiger partial charge in [-0.1, -0.05) is 64.7 Å². The fourth-order valence-corrected chi connectivity index (χ4v) is 2.60. The van der Waals surface area contributed by atoms with Crippen molar-refractivity contribution in [2.24, 2.45) is 5.92 Å². The van der Waals surface area contributed by atoms with E-state index in [4.69, 9.17) is 5.11 Å². The minimum Gasteiger partial charge on any atom is -0.481 e. The molecule has 3 heteroatoms. The Morgan fingerprint density at radius 3 is 1.85 bits per heavy atom. The average Bonchev–Trinajstić information content (AvgIpc) is 2.43. The molecule has 0 aromatic rings. The largest absolute Gasteiger partial charge is 0.481 e. The van der Waals surface area contributed by atoms with Crippen LogP contribution in [-0.2, 0) is 4.79 Å². The van der Waals surface area contributed by atoms with Crippen LogP contribution in [0.1, 0.15) is 90.4 Å². The lowest BCUT2D eigenvalue weighted by atomic mass is 9.95. The molecule has 20 heavy (non-hydrogen) atoms. The lowest BCUT2D eigenvalue weighted by molar-refractivity contribution is -0.137. The highest BCUT2D eigenvalue weighted by Gasteiger charge is 2.06. The van der Waals surface area contributed by atoms with Gasteiger partial charge in [0.1, 0.15) is 0 Å². The van der Waals surface area contributed by atoms with E-state index in [-0.39, 0.29) is 0 Å². The van der Waals surface area contributed by atoms with Crippen LogP contribution in [0.3, 0.4) is 0 Å². The summed E-state index contributed by atoms with van der Waals surface area (Å²) in [6, 6.07) is 0. The van der Waals surface area contributed by atoms with Crippen LogP contribution >= 0.6 is 0 Å². The Bertz CT molecular complexity index is 216. The van der Waals surface area contributed by atoms with Gasteiger partial charge in [0.15, 0.2) is 0 Å². The molecule has 1 unspecified atom stereocenters. The first kappa shape index (κ1) is 19.4. The van der Waals surface area contributed by atoms with E-state index in [0.717, 1.165) is 25.7 Å². The van der Waals surface area contributed by atoms with E-state index in [2.05, 4.69) is 6.92 Å². The van der Waals surface area contributed by atoms with Crippen molar-refractivity contribution < 1.29 is 15.0 Å². The predicted molar refractivity (Wildman–Crippen MR) is 83.9 cm³/mol. The summed E-state index contributed by atoms with van der Waals surface area (Å²) in [5.41, 5.74) is 0. The fourth-order valence-electron chi connectivity index (χ4n) is 2.60. The van der Waals surface area contributed by atoms with Gasteiger partial charge in [-0.05, 0) is 25.2 Å². The van der Waals surface area contributed by atoms with Crippen LogP contribution in [-0.4, -0.2) is 22.8 Å². The summed E-state index contributed by atoms with van der Waals surface area (Å²) in [6.45, 7) is 2.56. The smallest absolute Gasteiger partial charge is 0.303 e. The molecule has 0 aromatic heterocycles. The number of carboxylic acids is 1. The summed E-state index contributed by atoms with van der Waals surface area (Å²) in [5.74, 6) is -0.183. The first-order valence-electron chi connectivity index (χ1n) is 8.53. The maximum Gasteiger partial charge on any atom is 0.303 e. The van der Waals surface area contributed by atoms with Crippen LogP contribution in [0.25, 0.3) is 0 Å². The normalized spacial score (nSPS) is 12.5. The Morgan fingerprint density at radius 2 is 1.35 bits per heavy atom. The number of aliphatic hydroxyl groups is 1. The molecule has 0 heterocycles. The Balaban J connectivity index is 3.31. The van der Waals surface area contributed by atoms with Gasteiger partial charge in [0, 0.05) is 13.0 Å². The van der Waals surface area contributed by atoms with Crippen molar-refractivity contribution >= 4 is 5.97 Å². The third kappa shape index (κ3) is 13.9. The van der Waals surface area contributed by atoms with Gasteiger partial charge < -0.3 is 10.2 Å². The van der Waals surface area contributed by atoms with Crippen LogP contribution in [0, 0.1) is 5.92 Å². The number of carboxylic acid groups (broad SMARTS) is 1. The highest BCUT2D eigenvalue weighted by molar-refractivity contribution is 5.66. The van der Waals surface area contributed by atoms with Gasteiger partial charge in [-0.25, -0.2) is 0 Å². The topological polar surface area (TPSA) is 57.5 Å². The van der Waals surface area contributed by atoms with Gasteiger partial charge in [0.2, 0.25) is 0 Å². The van der Waals surface area contributed by atoms with E-state index in [1.807, 2.05) is 0 Å². The number of unbranched alkanes of at least 4 members (excludes halogenated alkanes) is 8. The van der Waals surface area contributed by atoms with Gasteiger partial charge in [0.25, 0.3) is 0 Å². The average molecular weight is 286 g/mol. The summed E-state index contributed by atoms with van der Waals surface area (Å²) in [7, 11) is 0. The standard InChI is InChI=1S/C17H34O3/c1-2-3-4-9-12-16(15-18)13-10-7-5-6-8-11-14-17(19)20/h16,18H,2-15H2,1H3,(H,19,20). The molecule has 3 nitrogen and oxygen atoms in total. The van der Waals surface area contributed by atoms with Crippen LogP contribution < -0.4 is 0 Å². The van der Waals surface area contributed by atoms with Gasteiger partial charge in [0.05, 0.1) is 0 Å². The molecule has 0 aliphatic carbocycles. The maximum atomic E-state index is 10.3. The van der Waals surface area contributed by atoms with Crippen LogP contribution in [0.15, 0.2) is 0 Å². The third-order valence-corrected chi connectivity index (χ3v) is 3.98. The van der Waals surface area contributed by atoms with E-state index < -0.39 is 5.97 Å². The maximum absolute atomic E-state index is 10.3. The van der Waals surface area contributed by atoms with Gasteiger partial charge in [-0.3, -0.25) is 4.79 Å². The molecule has 0 radical (unpaired) electrons. The van der Waals surface area contributed by atoms with Crippen molar-refractivity contribution in [2.45, 2.75) is 90.4 Å². The van der Waals surface area contributed by atoms with Crippen LogP contribution in [0.5, 0.6) is 0 Å². The zero-order chi connectivity index (χ0) is 15.1. The van der Waals surface area contributed by atoms with E-state index in [1.165, 1.54) is 51.4 Å². The molecule has 120 valence electrons. The molecule has 0 fully saturated rings. The summed E-state index contributed by atoms with van der Waals surface area (Å²) in [5, 5.41) is 17.9. The van der Waals surface area contributed by atoms with Gasteiger partial charge >= 0.3 is 5.97 Å². The van der Waals surface area contributed by atoms with E-state index in [0.29, 0.717) is 18.9 Å². The molecular formula is C17H34O3. The quantitative estimate of drug-likeness (QED) is 0.426. The van der Waals surface area contributed by atoms with E-state index >= 15 is 0 Å². The second-order valence-corrected chi connectivity index (χ2v) is 5.95. The van der Waals surface area contributed by atoms with Crippen LogP contribution in [0.2, 0.25) is 0 Å². The van der Waals surface area contributed by atoms with E-state index in [9.17, 15) is 9.90 Å². The van der Waals surface area contributed by atoms with Gasteiger partial charge in [-0.2, -0.15) is 0 Å². The molecule has 2 N–H and O–H groups in total. The highest BCUT2D eigenvalue weighted by Crippen LogP contribution is 2.18. The molecule has 0 saturated heterocycles. The molecule has 0 aliphatic heterocycles. The molecule has 0 spiro atoms. The summed E-state index contributed by atoms with van der Waals surface area (Å²) >= 11 is 0. The Labute approximate surface area is 124 Å². The molecule has 0 rings (SSSR count). The SMILES string of the molecule is CCCCCCC(CO)CCCCCCCCC(=O)O. The van der Waals surface area contributed by atoms with Crippen molar-refractivity contribution in [3.05, 3.63) is 0 Å². The number of aliphatic carboxylic acids is 1. The summed E-state index contributed by atoms with van der Waals surface area (Å²) < 4.78 is 0. The molecular weight excluding hydrogens is 252 g/mol. The Morgan fingerprint density at radius 1 is 0.850 bits per heavy atom. The van der Waals surface area contributed by atoms with Crippen LogP contribution in [0.4, 0.5) is 0 Å². The monoisotopic (exact) mass is 286 g/mol. The van der Waals surface area contributed by atoms with E-state index in [1.54, 1.807) is 0 Å². The molecule has 1 atom stereocenters. The summed E-state index contributed by atoms with van der Waals surface area (Å²) in [6.07, 6.45) is 14.4. The van der Waals surface area contributed by atoms with Gasteiger partial charge in [-0.15, -0.1) is 0 Å². The first-order valence-corrected chi connectivity index (χ1v) is 8.53. The fraction of sp³-hybridized carbons (Fsp3) is 0.941. The number of carbonyl (C=O) groups is 1. The molecule has 0 amide bonds. The number of hydrogen-bond acceptors (Lipinski definition) is 2. The highest BCUT2D eigenvalue weighted by atomic mass is 16.4. The zero-order valence-corrected chi connectivity index (χ0v) is 13.3. The molecule has 0 aromatic carbocycles.